The summed E-state index contributed by atoms with van der Waals surface area (Å²) in [7, 11) is 5.44. The van der Waals surface area contributed by atoms with Crippen LogP contribution < -0.4 is 15.0 Å². The van der Waals surface area contributed by atoms with E-state index in [2.05, 4.69) is 4.98 Å². The number of rotatable bonds is 8. The zero-order chi connectivity index (χ0) is 26.6. The molecule has 0 spiro atoms. The van der Waals surface area contributed by atoms with Crippen LogP contribution in [0.25, 0.3) is 28.9 Å². The average Bonchev–Trinajstić information content (AvgIpc) is 2.87. The van der Waals surface area contributed by atoms with Crippen LogP contribution in [0.4, 0.5) is 13.2 Å². The number of halogens is 3. The monoisotopic (exact) mass is 509 g/mol. The molecule has 0 saturated carbocycles. The van der Waals surface area contributed by atoms with Gasteiger partial charge < -0.3 is 14.4 Å². The summed E-state index contributed by atoms with van der Waals surface area (Å²) >= 11 is 0. The summed E-state index contributed by atoms with van der Waals surface area (Å²) < 4.78 is 52.2. The second-order valence-electron chi connectivity index (χ2n) is 8.54. The highest BCUT2D eigenvalue weighted by Crippen LogP contribution is 2.34. The third-order valence-corrected chi connectivity index (χ3v) is 5.70. The van der Waals surface area contributed by atoms with Crippen molar-refractivity contribution in [1.29, 1.82) is 0 Å². The molecule has 192 valence electrons. The Labute approximate surface area is 212 Å². The highest BCUT2D eigenvalue weighted by molar-refractivity contribution is 5.81. The van der Waals surface area contributed by atoms with Crippen LogP contribution in [0.2, 0.25) is 0 Å². The van der Waals surface area contributed by atoms with Crippen LogP contribution >= 0.6 is 0 Å². The van der Waals surface area contributed by atoms with Gasteiger partial charge in [0.15, 0.2) is 11.5 Å². The van der Waals surface area contributed by atoms with Crippen LogP contribution in [0.1, 0.15) is 16.8 Å². The summed E-state index contributed by atoms with van der Waals surface area (Å²) in [5.74, 6) is 1.09. The first-order valence-corrected chi connectivity index (χ1v) is 11.5. The molecule has 37 heavy (non-hydrogen) atoms. The summed E-state index contributed by atoms with van der Waals surface area (Å²) in [5.41, 5.74) is 0.764. The largest absolute Gasteiger partial charge is 0.493 e. The van der Waals surface area contributed by atoms with Crippen molar-refractivity contribution in [1.82, 2.24) is 14.3 Å². The van der Waals surface area contributed by atoms with Crippen LogP contribution in [0.5, 0.6) is 11.5 Å². The predicted octanol–water partition coefficient (Wildman–Crippen LogP) is 5.50. The minimum atomic E-state index is -4.48. The Morgan fingerprint density at radius 2 is 1.76 bits per heavy atom. The van der Waals surface area contributed by atoms with Gasteiger partial charge in [0.2, 0.25) is 0 Å². The molecule has 0 fully saturated rings. The molecular weight excluding hydrogens is 483 g/mol. The van der Waals surface area contributed by atoms with Crippen LogP contribution in [0.3, 0.4) is 0 Å². The molecule has 4 rings (SSSR count). The lowest BCUT2D eigenvalue weighted by Gasteiger charge is -2.15. The Balaban J connectivity index is 1.82. The third-order valence-electron chi connectivity index (χ3n) is 5.70. The molecule has 2 aromatic heterocycles. The zero-order valence-electron chi connectivity index (χ0n) is 20.6. The quantitative estimate of drug-likeness (QED) is 0.314. The zero-order valence-corrected chi connectivity index (χ0v) is 20.6. The normalized spacial score (nSPS) is 12.0. The summed E-state index contributed by atoms with van der Waals surface area (Å²) in [5, 5.41) is 0. The van der Waals surface area contributed by atoms with E-state index in [9.17, 15) is 18.0 Å². The first kappa shape index (κ1) is 26.0. The minimum Gasteiger partial charge on any atom is -0.493 e. The molecule has 2 heterocycles. The molecule has 2 aromatic carbocycles. The van der Waals surface area contributed by atoms with E-state index in [0.717, 1.165) is 12.1 Å². The van der Waals surface area contributed by atoms with Gasteiger partial charge in [-0.25, -0.2) is 4.98 Å². The maximum absolute atomic E-state index is 13.4. The summed E-state index contributed by atoms with van der Waals surface area (Å²) in [6, 6.07) is 15.1. The van der Waals surface area contributed by atoms with E-state index in [1.165, 1.54) is 16.5 Å². The molecule has 6 nitrogen and oxygen atoms in total. The third kappa shape index (κ3) is 5.83. The predicted molar refractivity (Wildman–Crippen MR) is 138 cm³/mol. The van der Waals surface area contributed by atoms with Gasteiger partial charge in [-0.3, -0.25) is 9.20 Å². The fourth-order valence-corrected chi connectivity index (χ4v) is 3.80. The smallest absolute Gasteiger partial charge is 0.416 e. The van der Waals surface area contributed by atoms with E-state index >= 15 is 0 Å². The van der Waals surface area contributed by atoms with E-state index in [1.54, 1.807) is 49.7 Å². The van der Waals surface area contributed by atoms with Gasteiger partial charge in [0.05, 0.1) is 23.9 Å². The van der Waals surface area contributed by atoms with E-state index < -0.39 is 17.3 Å². The molecule has 9 heteroatoms. The van der Waals surface area contributed by atoms with E-state index in [4.69, 9.17) is 9.47 Å². The number of alkyl halides is 3. The van der Waals surface area contributed by atoms with Gasteiger partial charge in [-0.1, -0.05) is 30.3 Å². The number of para-hydroxylation sites is 1. The second-order valence-corrected chi connectivity index (χ2v) is 8.54. The van der Waals surface area contributed by atoms with E-state index in [1.807, 2.05) is 31.1 Å². The van der Waals surface area contributed by atoms with Gasteiger partial charge in [0, 0.05) is 18.3 Å². The first-order chi connectivity index (χ1) is 17.7. The van der Waals surface area contributed by atoms with Crippen molar-refractivity contribution in [2.45, 2.75) is 6.18 Å². The lowest BCUT2D eigenvalue weighted by atomic mass is 10.0. The number of benzene rings is 2. The lowest BCUT2D eigenvalue weighted by molar-refractivity contribution is -0.137. The van der Waals surface area contributed by atoms with E-state index in [-0.39, 0.29) is 5.56 Å². The number of methoxy groups -OCH3 is 1. The van der Waals surface area contributed by atoms with Crippen LogP contribution in [-0.2, 0) is 6.18 Å². The standard InChI is InChI=1S/C28H26F3N3O3/c1-33(2)17-18-37-26-20(7-6-8-23(26)36-3)12-15-22-25(19-10-13-21(14-11-19)28(29,30)31)27(35)34-16-5-4-9-24(34)32-22/h4-16H,17-18H2,1-3H3. The topological polar surface area (TPSA) is 56.1 Å². The fraction of sp³-hybridized carbons (Fsp3) is 0.214. The van der Waals surface area contributed by atoms with Crippen molar-refractivity contribution >= 4 is 17.8 Å². The highest BCUT2D eigenvalue weighted by atomic mass is 19.4. The van der Waals surface area contributed by atoms with Crippen molar-refractivity contribution in [3.63, 3.8) is 0 Å². The van der Waals surface area contributed by atoms with Crippen LogP contribution in [-0.4, -0.2) is 48.6 Å². The molecule has 0 unspecified atom stereocenters. The number of fused-ring (bicyclic) bond motifs is 1. The maximum Gasteiger partial charge on any atom is 0.416 e. The van der Waals surface area contributed by atoms with Gasteiger partial charge in [0.1, 0.15) is 12.3 Å². The molecule has 4 aromatic rings. The molecule has 0 bridgehead atoms. The Morgan fingerprint density at radius 3 is 2.43 bits per heavy atom. The van der Waals surface area contributed by atoms with Crippen molar-refractivity contribution in [2.24, 2.45) is 0 Å². The first-order valence-electron chi connectivity index (χ1n) is 11.5. The lowest BCUT2D eigenvalue weighted by Crippen LogP contribution is -2.19. The Hall–Kier alpha value is -4.11. The number of likely N-dealkylation sites (N-methyl/N-ethyl adjacent to an activating group) is 1. The molecular formula is C28H26F3N3O3. The van der Waals surface area contributed by atoms with Gasteiger partial charge in [-0.05, 0) is 62.1 Å². The molecule has 0 atom stereocenters. The number of hydrogen-bond acceptors (Lipinski definition) is 5. The fourth-order valence-electron chi connectivity index (χ4n) is 3.80. The van der Waals surface area contributed by atoms with Gasteiger partial charge in [-0.2, -0.15) is 13.2 Å². The molecule has 0 aliphatic carbocycles. The van der Waals surface area contributed by atoms with Crippen molar-refractivity contribution in [3.8, 4) is 22.6 Å². The number of aromatic nitrogens is 2. The highest BCUT2D eigenvalue weighted by Gasteiger charge is 2.30. The minimum absolute atomic E-state index is 0.187. The van der Waals surface area contributed by atoms with Crippen LogP contribution in [0, 0.1) is 0 Å². The molecule has 0 saturated heterocycles. The molecule has 0 amide bonds. The van der Waals surface area contributed by atoms with Crippen molar-refractivity contribution in [3.05, 3.63) is 94.0 Å². The van der Waals surface area contributed by atoms with Gasteiger partial charge in [0.25, 0.3) is 5.56 Å². The SMILES string of the molecule is COc1cccc(C=Cc2nc3ccccn3c(=O)c2-c2ccc(C(F)(F)F)cc2)c1OCCN(C)C. The molecule has 0 radical (unpaired) electrons. The molecule has 0 aliphatic rings. The van der Waals surface area contributed by atoms with Gasteiger partial charge in [-0.15, -0.1) is 0 Å². The molecule has 0 aliphatic heterocycles. The van der Waals surface area contributed by atoms with Crippen LogP contribution in [0.15, 0.2) is 71.7 Å². The van der Waals surface area contributed by atoms with Gasteiger partial charge >= 0.3 is 6.18 Å². The number of ether oxygens (including phenoxy) is 2. The van der Waals surface area contributed by atoms with Crippen molar-refractivity contribution in [2.75, 3.05) is 34.4 Å². The summed E-state index contributed by atoms with van der Waals surface area (Å²) in [6.07, 6.45) is 0.509. The van der Waals surface area contributed by atoms with E-state index in [0.29, 0.717) is 47.1 Å². The Morgan fingerprint density at radius 1 is 1.00 bits per heavy atom. The second kappa shape index (κ2) is 10.9. The number of pyridine rings is 1. The Bertz CT molecular complexity index is 1480. The molecule has 0 N–H and O–H groups in total. The Kier molecular flexibility index (Phi) is 7.63. The van der Waals surface area contributed by atoms with Crippen molar-refractivity contribution < 1.29 is 22.6 Å². The number of hydrogen-bond donors (Lipinski definition) is 0. The average molecular weight is 510 g/mol. The number of nitrogens with zero attached hydrogens (tertiary/aromatic N) is 3. The maximum atomic E-state index is 13.4. The summed E-state index contributed by atoms with van der Waals surface area (Å²) in [4.78, 5) is 20.1. The summed E-state index contributed by atoms with van der Waals surface area (Å²) in [6.45, 7) is 1.13.